The quantitative estimate of drug-likeness (QED) is 0.726. The van der Waals surface area contributed by atoms with E-state index in [2.05, 4.69) is 63.3 Å². The van der Waals surface area contributed by atoms with Gasteiger partial charge >= 0.3 is 0 Å². The zero-order valence-electron chi connectivity index (χ0n) is 13.3. The Bertz CT molecular complexity index is 494. The van der Waals surface area contributed by atoms with Crippen LogP contribution in [0, 0.1) is 11.8 Å². The zero-order chi connectivity index (χ0) is 14.9. The van der Waals surface area contributed by atoms with Crippen molar-refractivity contribution in [2.24, 2.45) is 11.8 Å². The molecule has 3 rings (SSSR count). The first-order chi connectivity index (χ1) is 10.0. The molecule has 1 aliphatic heterocycles. The van der Waals surface area contributed by atoms with Crippen molar-refractivity contribution in [3.05, 3.63) is 42.0 Å². The van der Waals surface area contributed by atoms with Gasteiger partial charge in [0.2, 0.25) is 0 Å². The second-order valence-corrected chi connectivity index (χ2v) is 8.81. The van der Waals surface area contributed by atoms with Gasteiger partial charge in [0.05, 0.1) is 6.10 Å². The fourth-order valence-electron chi connectivity index (χ4n) is 3.70. The Hall–Kier alpha value is -0.730. The van der Waals surface area contributed by atoms with E-state index >= 15 is 0 Å². The van der Waals surface area contributed by atoms with Crippen LogP contribution >= 0.6 is 11.8 Å². The summed E-state index contributed by atoms with van der Waals surface area (Å²) in [4.78, 5) is 0. The van der Waals surface area contributed by atoms with Crippen LogP contribution in [0.1, 0.15) is 45.6 Å². The molecule has 0 aromatic heterocycles. The van der Waals surface area contributed by atoms with E-state index in [1.807, 2.05) is 11.8 Å². The lowest BCUT2D eigenvalue weighted by Crippen LogP contribution is -2.48. The molecule has 2 fully saturated rings. The van der Waals surface area contributed by atoms with Gasteiger partial charge in [0.15, 0.2) is 0 Å². The smallest absolute Gasteiger partial charge is 0.122 e. The molecule has 4 atom stereocenters. The lowest BCUT2D eigenvalue weighted by atomic mass is 9.75. The average molecular weight is 302 g/mol. The van der Waals surface area contributed by atoms with Crippen LogP contribution < -0.4 is 0 Å². The minimum Gasteiger partial charge on any atom is -0.360 e. The van der Waals surface area contributed by atoms with Gasteiger partial charge in [0.1, 0.15) is 5.44 Å². The molecule has 4 unspecified atom stereocenters. The fourth-order valence-corrected chi connectivity index (χ4v) is 5.10. The number of ether oxygens (including phenoxy) is 1. The van der Waals surface area contributed by atoms with E-state index in [4.69, 9.17) is 4.74 Å². The molecular weight excluding hydrogens is 276 g/mol. The normalized spacial score (nSPS) is 35.6. The lowest BCUT2D eigenvalue weighted by Gasteiger charge is -2.49. The number of rotatable bonds is 2. The molecule has 2 aliphatic rings. The van der Waals surface area contributed by atoms with Crippen molar-refractivity contribution >= 4 is 17.8 Å². The lowest BCUT2D eigenvalue weighted by molar-refractivity contribution is -0.0440. The summed E-state index contributed by atoms with van der Waals surface area (Å²) in [7, 11) is 0. The summed E-state index contributed by atoms with van der Waals surface area (Å²) in [5, 5.41) is 0. The first kappa shape index (κ1) is 15.2. The van der Waals surface area contributed by atoms with Crippen molar-refractivity contribution in [2.75, 3.05) is 0 Å². The standard InChI is InChI=1S/C19H26OS/c1-14-9-11-16-17(13-14)20-18(21-19(16,2)3)12-10-15-7-5-4-6-8-15/h4-8,10,12,14,16-18H,9,11,13H2,1-3H3/b12-10+. The monoisotopic (exact) mass is 302 g/mol. The first-order valence-electron chi connectivity index (χ1n) is 8.11. The second-order valence-electron chi connectivity index (χ2n) is 7.06. The highest BCUT2D eigenvalue weighted by molar-refractivity contribution is 8.01. The number of hydrogen-bond acceptors (Lipinski definition) is 2. The molecule has 21 heavy (non-hydrogen) atoms. The Morgan fingerprint density at radius 2 is 1.95 bits per heavy atom. The van der Waals surface area contributed by atoms with Crippen molar-refractivity contribution in [3.8, 4) is 0 Å². The Kier molecular flexibility index (Phi) is 4.46. The van der Waals surface area contributed by atoms with Crippen molar-refractivity contribution in [3.63, 3.8) is 0 Å². The van der Waals surface area contributed by atoms with Gasteiger partial charge < -0.3 is 4.74 Å². The highest BCUT2D eigenvalue weighted by Gasteiger charge is 2.45. The van der Waals surface area contributed by atoms with E-state index in [-0.39, 0.29) is 5.44 Å². The van der Waals surface area contributed by atoms with Gasteiger partial charge in [0.25, 0.3) is 0 Å². The van der Waals surface area contributed by atoms with Crippen LogP contribution in [0.15, 0.2) is 36.4 Å². The summed E-state index contributed by atoms with van der Waals surface area (Å²) in [6, 6.07) is 10.5. The Balaban J connectivity index is 1.71. The van der Waals surface area contributed by atoms with Crippen LogP contribution in [0.25, 0.3) is 6.08 Å². The molecule has 0 spiro atoms. The van der Waals surface area contributed by atoms with Crippen molar-refractivity contribution in [2.45, 2.75) is 56.3 Å². The molecule has 1 aromatic carbocycles. The van der Waals surface area contributed by atoms with E-state index in [9.17, 15) is 0 Å². The molecule has 0 N–H and O–H groups in total. The molecule has 2 heteroatoms. The SMILES string of the molecule is CC1CCC2C(C1)OC(/C=C/c1ccccc1)SC2(C)C. The van der Waals surface area contributed by atoms with E-state index in [1.165, 1.54) is 24.8 Å². The molecule has 0 amide bonds. The predicted molar refractivity (Wildman–Crippen MR) is 92.3 cm³/mol. The predicted octanol–water partition coefficient (Wildman–Crippen LogP) is 5.37. The molecule has 1 saturated carbocycles. The third kappa shape index (κ3) is 3.54. The highest BCUT2D eigenvalue weighted by Crippen LogP contribution is 2.50. The van der Waals surface area contributed by atoms with Crippen LogP contribution in [0.2, 0.25) is 0 Å². The van der Waals surface area contributed by atoms with Gasteiger partial charge in [-0.1, -0.05) is 63.6 Å². The number of thioether (sulfide) groups is 1. The Labute approximate surface area is 133 Å². The van der Waals surface area contributed by atoms with Crippen molar-refractivity contribution < 1.29 is 4.74 Å². The highest BCUT2D eigenvalue weighted by atomic mass is 32.2. The molecule has 1 nitrogen and oxygen atoms in total. The summed E-state index contributed by atoms with van der Waals surface area (Å²) in [5.74, 6) is 1.52. The number of hydrogen-bond donors (Lipinski definition) is 0. The minimum atomic E-state index is 0.187. The molecule has 1 aliphatic carbocycles. The maximum absolute atomic E-state index is 6.39. The van der Waals surface area contributed by atoms with Gasteiger partial charge in [-0.25, -0.2) is 0 Å². The second kappa shape index (κ2) is 6.18. The van der Waals surface area contributed by atoms with E-state index in [1.54, 1.807) is 0 Å². The van der Waals surface area contributed by atoms with Gasteiger partial charge in [-0.3, -0.25) is 0 Å². The average Bonchev–Trinajstić information content (AvgIpc) is 2.45. The van der Waals surface area contributed by atoms with Crippen LogP contribution in [0.3, 0.4) is 0 Å². The summed E-state index contributed by atoms with van der Waals surface area (Å²) in [6.45, 7) is 7.16. The van der Waals surface area contributed by atoms with Crippen LogP contribution in [0.5, 0.6) is 0 Å². The maximum atomic E-state index is 6.39. The Morgan fingerprint density at radius 1 is 1.19 bits per heavy atom. The summed E-state index contributed by atoms with van der Waals surface area (Å²) in [6.07, 6.45) is 8.78. The molecular formula is C19H26OS. The van der Waals surface area contributed by atoms with Gasteiger partial charge in [0, 0.05) is 4.75 Å². The minimum absolute atomic E-state index is 0.187. The fraction of sp³-hybridized carbons (Fsp3) is 0.579. The third-order valence-electron chi connectivity index (χ3n) is 4.92. The van der Waals surface area contributed by atoms with Crippen molar-refractivity contribution in [1.29, 1.82) is 0 Å². The molecule has 1 saturated heterocycles. The summed E-state index contributed by atoms with van der Waals surface area (Å²) >= 11 is 1.99. The molecule has 1 heterocycles. The zero-order valence-corrected chi connectivity index (χ0v) is 14.1. The molecule has 0 bridgehead atoms. The molecule has 0 radical (unpaired) electrons. The summed E-state index contributed by atoms with van der Waals surface area (Å²) in [5.41, 5.74) is 1.44. The summed E-state index contributed by atoms with van der Waals surface area (Å²) < 4.78 is 6.71. The van der Waals surface area contributed by atoms with E-state index in [0.29, 0.717) is 16.8 Å². The Morgan fingerprint density at radius 3 is 2.71 bits per heavy atom. The topological polar surface area (TPSA) is 9.23 Å². The van der Waals surface area contributed by atoms with Crippen LogP contribution in [0.4, 0.5) is 0 Å². The third-order valence-corrected chi connectivity index (χ3v) is 6.33. The van der Waals surface area contributed by atoms with E-state index < -0.39 is 0 Å². The molecule has 114 valence electrons. The number of fused-ring (bicyclic) bond motifs is 1. The van der Waals surface area contributed by atoms with Gasteiger partial charge in [-0.2, -0.15) is 0 Å². The van der Waals surface area contributed by atoms with Crippen molar-refractivity contribution in [1.82, 2.24) is 0 Å². The first-order valence-corrected chi connectivity index (χ1v) is 8.99. The van der Waals surface area contributed by atoms with Crippen LogP contribution in [-0.4, -0.2) is 16.3 Å². The largest absolute Gasteiger partial charge is 0.360 e. The van der Waals surface area contributed by atoms with Gasteiger partial charge in [-0.05, 0) is 36.3 Å². The number of benzene rings is 1. The molecule has 1 aromatic rings. The van der Waals surface area contributed by atoms with Gasteiger partial charge in [-0.15, -0.1) is 11.8 Å². The maximum Gasteiger partial charge on any atom is 0.122 e. The van der Waals surface area contributed by atoms with Crippen LogP contribution in [-0.2, 0) is 4.74 Å². The van der Waals surface area contributed by atoms with E-state index in [0.717, 1.165) is 5.92 Å².